The van der Waals surface area contributed by atoms with Crippen LogP contribution in [0.4, 0.5) is 11.4 Å². The van der Waals surface area contributed by atoms with E-state index in [1.807, 2.05) is 6.07 Å². The number of rotatable bonds is 1. The minimum atomic E-state index is 0.228. The van der Waals surface area contributed by atoms with Crippen molar-refractivity contribution in [2.45, 2.75) is 26.3 Å². The molecular formula is C14H23N3. The van der Waals surface area contributed by atoms with Gasteiger partial charge in [0.15, 0.2) is 0 Å². The van der Waals surface area contributed by atoms with Crippen molar-refractivity contribution in [2.24, 2.45) is 0 Å². The van der Waals surface area contributed by atoms with E-state index < -0.39 is 0 Å². The predicted octanol–water partition coefficient (Wildman–Crippen LogP) is 2.11. The van der Waals surface area contributed by atoms with Gasteiger partial charge in [-0.05, 0) is 51.6 Å². The Kier molecular flexibility index (Phi) is 3.04. The lowest BCUT2D eigenvalue weighted by Gasteiger charge is -2.46. The van der Waals surface area contributed by atoms with Gasteiger partial charge in [0.1, 0.15) is 0 Å². The third kappa shape index (κ3) is 2.39. The predicted molar refractivity (Wildman–Crippen MR) is 74.5 cm³/mol. The van der Waals surface area contributed by atoms with Crippen molar-refractivity contribution in [2.75, 3.05) is 37.3 Å². The van der Waals surface area contributed by atoms with Gasteiger partial charge in [-0.25, -0.2) is 0 Å². The van der Waals surface area contributed by atoms with Gasteiger partial charge in [0.05, 0.1) is 0 Å². The van der Waals surface area contributed by atoms with Gasteiger partial charge < -0.3 is 10.6 Å². The summed E-state index contributed by atoms with van der Waals surface area (Å²) in [5, 5.41) is 0. The van der Waals surface area contributed by atoms with Crippen LogP contribution in [0.3, 0.4) is 0 Å². The molecule has 0 radical (unpaired) electrons. The summed E-state index contributed by atoms with van der Waals surface area (Å²) in [7, 11) is 2.20. The molecule has 1 aliphatic rings. The van der Waals surface area contributed by atoms with Crippen LogP contribution in [0, 0.1) is 6.92 Å². The quantitative estimate of drug-likeness (QED) is 0.754. The highest BCUT2D eigenvalue weighted by Crippen LogP contribution is 2.27. The first-order valence-corrected chi connectivity index (χ1v) is 6.22. The second-order valence-electron chi connectivity index (χ2n) is 5.70. The Labute approximate surface area is 104 Å². The van der Waals surface area contributed by atoms with E-state index in [-0.39, 0.29) is 5.54 Å². The Bertz CT molecular complexity index is 412. The lowest BCUT2D eigenvalue weighted by molar-refractivity contribution is 0.139. The maximum Gasteiger partial charge on any atom is 0.0398 e. The Morgan fingerprint density at radius 3 is 2.53 bits per heavy atom. The number of hydrogen-bond acceptors (Lipinski definition) is 3. The van der Waals surface area contributed by atoms with E-state index in [2.05, 4.69) is 49.8 Å². The Morgan fingerprint density at radius 2 is 1.94 bits per heavy atom. The summed E-state index contributed by atoms with van der Waals surface area (Å²) in [6.07, 6.45) is 0. The molecule has 94 valence electrons. The highest BCUT2D eigenvalue weighted by molar-refractivity contribution is 5.59. The van der Waals surface area contributed by atoms with Crippen LogP contribution < -0.4 is 10.6 Å². The van der Waals surface area contributed by atoms with E-state index in [4.69, 9.17) is 5.73 Å². The van der Waals surface area contributed by atoms with Crippen LogP contribution in [0.1, 0.15) is 19.4 Å². The van der Waals surface area contributed by atoms with Crippen LogP contribution in [0.15, 0.2) is 18.2 Å². The maximum atomic E-state index is 5.81. The largest absolute Gasteiger partial charge is 0.399 e. The van der Waals surface area contributed by atoms with Crippen LogP contribution in [0.5, 0.6) is 0 Å². The molecule has 0 spiro atoms. The van der Waals surface area contributed by atoms with E-state index in [1.54, 1.807) is 0 Å². The summed E-state index contributed by atoms with van der Waals surface area (Å²) in [5.74, 6) is 0. The number of nitrogen functional groups attached to an aromatic ring is 1. The topological polar surface area (TPSA) is 32.5 Å². The summed E-state index contributed by atoms with van der Waals surface area (Å²) in [5.41, 5.74) is 9.47. The zero-order valence-electron chi connectivity index (χ0n) is 11.3. The number of aryl methyl sites for hydroxylation is 1. The zero-order valence-corrected chi connectivity index (χ0v) is 11.3. The first kappa shape index (κ1) is 12.2. The first-order valence-electron chi connectivity index (χ1n) is 6.22. The monoisotopic (exact) mass is 233 g/mol. The van der Waals surface area contributed by atoms with Gasteiger partial charge in [-0.2, -0.15) is 0 Å². The molecule has 1 aliphatic heterocycles. The second-order valence-corrected chi connectivity index (χ2v) is 5.70. The Morgan fingerprint density at radius 1 is 1.24 bits per heavy atom. The SMILES string of the molecule is Cc1cc(N)ccc1N1CCN(C)C(C)(C)C1. The van der Waals surface area contributed by atoms with Crippen molar-refractivity contribution >= 4 is 11.4 Å². The van der Waals surface area contributed by atoms with E-state index in [1.165, 1.54) is 11.3 Å². The summed E-state index contributed by atoms with van der Waals surface area (Å²) >= 11 is 0. The van der Waals surface area contributed by atoms with Crippen molar-refractivity contribution < 1.29 is 0 Å². The van der Waals surface area contributed by atoms with Gasteiger partial charge in [0.2, 0.25) is 0 Å². The molecule has 0 saturated carbocycles. The minimum Gasteiger partial charge on any atom is -0.399 e. The number of nitrogens with zero attached hydrogens (tertiary/aromatic N) is 2. The van der Waals surface area contributed by atoms with E-state index in [9.17, 15) is 0 Å². The normalized spacial score (nSPS) is 20.6. The summed E-state index contributed by atoms with van der Waals surface area (Å²) in [6.45, 7) is 9.99. The molecule has 17 heavy (non-hydrogen) atoms. The summed E-state index contributed by atoms with van der Waals surface area (Å²) < 4.78 is 0. The molecule has 0 atom stereocenters. The third-order valence-corrected chi connectivity index (χ3v) is 3.88. The van der Waals surface area contributed by atoms with Gasteiger partial charge in [-0.1, -0.05) is 0 Å². The van der Waals surface area contributed by atoms with Crippen LogP contribution >= 0.6 is 0 Å². The number of benzene rings is 1. The molecule has 0 unspecified atom stereocenters. The molecule has 0 amide bonds. The highest BCUT2D eigenvalue weighted by Gasteiger charge is 2.31. The number of nitrogens with two attached hydrogens (primary N) is 1. The van der Waals surface area contributed by atoms with Crippen molar-refractivity contribution in [3.63, 3.8) is 0 Å². The molecule has 2 rings (SSSR count). The molecule has 3 heteroatoms. The number of likely N-dealkylation sites (N-methyl/N-ethyl adjacent to an activating group) is 1. The third-order valence-electron chi connectivity index (χ3n) is 3.88. The van der Waals surface area contributed by atoms with Crippen LogP contribution in [0.25, 0.3) is 0 Å². The number of hydrogen-bond donors (Lipinski definition) is 1. The van der Waals surface area contributed by atoms with Crippen molar-refractivity contribution in [1.29, 1.82) is 0 Å². The molecule has 1 fully saturated rings. The molecule has 0 aliphatic carbocycles. The summed E-state index contributed by atoms with van der Waals surface area (Å²) in [4.78, 5) is 4.89. The van der Waals surface area contributed by atoms with Gasteiger partial charge in [0.25, 0.3) is 0 Å². The van der Waals surface area contributed by atoms with Crippen molar-refractivity contribution in [1.82, 2.24) is 4.90 Å². The van der Waals surface area contributed by atoms with Crippen LogP contribution in [0.2, 0.25) is 0 Å². The Hall–Kier alpha value is -1.22. The number of piperazine rings is 1. The van der Waals surface area contributed by atoms with Gasteiger partial charge >= 0.3 is 0 Å². The Balaban J connectivity index is 2.24. The molecule has 0 aromatic heterocycles. The second kappa shape index (κ2) is 4.22. The fourth-order valence-corrected chi connectivity index (χ4v) is 2.48. The lowest BCUT2D eigenvalue weighted by atomic mass is 9.98. The molecular weight excluding hydrogens is 210 g/mol. The molecule has 2 N–H and O–H groups in total. The fourth-order valence-electron chi connectivity index (χ4n) is 2.48. The van der Waals surface area contributed by atoms with Crippen molar-refractivity contribution in [3.05, 3.63) is 23.8 Å². The molecule has 1 saturated heterocycles. The minimum absolute atomic E-state index is 0.228. The highest BCUT2D eigenvalue weighted by atomic mass is 15.3. The molecule has 1 aromatic rings. The number of anilines is 2. The maximum absolute atomic E-state index is 5.81. The summed E-state index contributed by atoms with van der Waals surface area (Å²) in [6, 6.07) is 6.19. The molecule has 0 bridgehead atoms. The van der Waals surface area contributed by atoms with Crippen LogP contribution in [-0.4, -0.2) is 37.1 Å². The zero-order chi connectivity index (χ0) is 12.6. The van der Waals surface area contributed by atoms with E-state index in [0.29, 0.717) is 0 Å². The van der Waals surface area contributed by atoms with Crippen molar-refractivity contribution in [3.8, 4) is 0 Å². The average Bonchev–Trinajstić information content (AvgIpc) is 2.22. The van der Waals surface area contributed by atoms with Crippen LogP contribution in [-0.2, 0) is 0 Å². The standard InChI is InChI=1S/C14H23N3/c1-11-9-12(15)5-6-13(11)17-8-7-16(4)14(2,3)10-17/h5-6,9H,7-8,10,15H2,1-4H3. The van der Waals surface area contributed by atoms with Gasteiger partial charge in [-0.3, -0.25) is 4.90 Å². The van der Waals surface area contributed by atoms with E-state index >= 15 is 0 Å². The molecule has 1 aromatic carbocycles. The van der Waals surface area contributed by atoms with Gasteiger partial charge in [0, 0.05) is 36.5 Å². The molecule has 1 heterocycles. The molecule has 3 nitrogen and oxygen atoms in total. The smallest absolute Gasteiger partial charge is 0.0398 e. The fraction of sp³-hybridized carbons (Fsp3) is 0.571. The average molecular weight is 233 g/mol. The first-order chi connectivity index (χ1) is 7.90. The lowest BCUT2D eigenvalue weighted by Crippen LogP contribution is -2.57. The van der Waals surface area contributed by atoms with E-state index in [0.717, 1.165) is 25.3 Å². The van der Waals surface area contributed by atoms with Gasteiger partial charge in [-0.15, -0.1) is 0 Å².